The largest absolute Gasteiger partial charge is 0.496 e. The van der Waals surface area contributed by atoms with E-state index in [-0.39, 0.29) is 12.5 Å². The zero-order chi connectivity index (χ0) is 17.1. The van der Waals surface area contributed by atoms with Gasteiger partial charge in [-0.3, -0.25) is 0 Å². The summed E-state index contributed by atoms with van der Waals surface area (Å²) in [6.07, 6.45) is 0. The molecule has 0 spiro atoms. The van der Waals surface area contributed by atoms with E-state index in [2.05, 4.69) is 10.1 Å². The van der Waals surface area contributed by atoms with Crippen molar-refractivity contribution in [3.8, 4) is 17.1 Å². The van der Waals surface area contributed by atoms with Crippen molar-refractivity contribution in [2.45, 2.75) is 20.5 Å². The van der Waals surface area contributed by atoms with Crippen LogP contribution in [0.1, 0.15) is 26.0 Å². The fraction of sp³-hybridized carbons (Fsp3) is 0.235. The quantitative estimate of drug-likeness (QED) is 0.656. The van der Waals surface area contributed by atoms with Gasteiger partial charge in [-0.15, -0.1) is 11.3 Å². The minimum atomic E-state index is -0.395. The van der Waals surface area contributed by atoms with Crippen LogP contribution in [0, 0.1) is 13.8 Å². The van der Waals surface area contributed by atoms with E-state index in [1.54, 1.807) is 18.4 Å². The smallest absolute Gasteiger partial charge is 0.339 e. The van der Waals surface area contributed by atoms with Crippen LogP contribution < -0.4 is 4.74 Å². The maximum absolute atomic E-state index is 12.1. The first-order valence-electron chi connectivity index (χ1n) is 7.28. The molecule has 0 aliphatic carbocycles. The lowest BCUT2D eigenvalue weighted by molar-refractivity contribution is 0.0429. The molecule has 2 aromatic heterocycles. The van der Waals surface area contributed by atoms with E-state index in [1.165, 1.54) is 0 Å². The number of rotatable bonds is 5. The van der Waals surface area contributed by atoms with Gasteiger partial charge in [0.05, 0.1) is 18.2 Å². The lowest BCUT2D eigenvalue weighted by Crippen LogP contribution is -2.05. The van der Waals surface area contributed by atoms with Crippen molar-refractivity contribution in [1.29, 1.82) is 0 Å². The molecule has 0 saturated carbocycles. The van der Waals surface area contributed by atoms with Crippen molar-refractivity contribution in [1.82, 2.24) is 10.1 Å². The fourth-order valence-corrected chi connectivity index (χ4v) is 3.20. The summed E-state index contributed by atoms with van der Waals surface area (Å²) in [5.41, 5.74) is 1.28. The van der Waals surface area contributed by atoms with Crippen LogP contribution in [0.15, 0.2) is 34.9 Å². The maximum atomic E-state index is 12.1. The molecule has 0 atom stereocenters. The van der Waals surface area contributed by atoms with Crippen LogP contribution in [0.2, 0.25) is 0 Å². The van der Waals surface area contributed by atoms with Gasteiger partial charge >= 0.3 is 5.97 Å². The number of carbonyl (C=O) groups excluding carboxylic acids is 1. The molecule has 0 unspecified atom stereocenters. The zero-order valence-electron chi connectivity index (χ0n) is 13.5. The van der Waals surface area contributed by atoms with Gasteiger partial charge in [-0.05, 0) is 32.0 Å². The highest BCUT2D eigenvalue weighted by atomic mass is 32.1. The Bertz CT molecular complexity index is 869. The van der Waals surface area contributed by atoms with Crippen LogP contribution in [0.4, 0.5) is 0 Å². The Morgan fingerprint density at radius 2 is 2.08 bits per heavy atom. The van der Waals surface area contributed by atoms with Gasteiger partial charge in [0.25, 0.3) is 5.89 Å². The Morgan fingerprint density at radius 3 is 2.79 bits per heavy atom. The van der Waals surface area contributed by atoms with Gasteiger partial charge in [0, 0.05) is 9.75 Å². The molecule has 1 aromatic carbocycles. The van der Waals surface area contributed by atoms with Crippen molar-refractivity contribution in [3.63, 3.8) is 0 Å². The Labute approximate surface area is 143 Å². The van der Waals surface area contributed by atoms with E-state index < -0.39 is 5.97 Å². The Hall–Kier alpha value is -2.67. The summed E-state index contributed by atoms with van der Waals surface area (Å²) in [5, 5.41) is 3.91. The number of carbonyl (C=O) groups is 1. The van der Waals surface area contributed by atoms with Gasteiger partial charge in [0.1, 0.15) is 5.75 Å². The van der Waals surface area contributed by atoms with E-state index in [4.69, 9.17) is 14.0 Å². The normalized spacial score (nSPS) is 10.6. The predicted molar refractivity (Wildman–Crippen MR) is 89.2 cm³/mol. The first-order valence-corrected chi connectivity index (χ1v) is 8.10. The number of ether oxygens (including phenoxy) is 2. The lowest BCUT2D eigenvalue weighted by atomic mass is 10.2. The summed E-state index contributed by atoms with van der Waals surface area (Å²) in [4.78, 5) is 18.3. The maximum Gasteiger partial charge on any atom is 0.339 e. The van der Waals surface area contributed by atoms with E-state index in [1.807, 2.05) is 44.2 Å². The Morgan fingerprint density at radius 1 is 1.29 bits per heavy atom. The molecule has 0 aliphatic rings. The first-order chi connectivity index (χ1) is 11.6. The molecule has 0 radical (unpaired) electrons. The number of hydrogen-bond acceptors (Lipinski definition) is 7. The van der Waals surface area contributed by atoms with Crippen molar-refractivity contribution >= 4 is 17.3 Å². The second kappa shape index (κ2) is 6.84. The van der Waals surface area contributed by atoms with Gasteiger partial charge in [-0.25, -0.2) is 4.79 Å². The highest BCUT2D eigenvalue weighted by molar-refractivity contribution is 7.12. The molecule has 7 heteroatoms. The van der Waals surface area contributed by atoms with E-state index in [0.717, 1.165) is 9.75 Å². The molecule has 0 aliphatic heterocycles. The third-order valence-corrected chi connectivity index (χ3v) is 4.37. The third kappa shape index (κ3) is 3.30. The molecular formula is C17H16N2O4S. The molecule has 3 aromatic rings. The van der Waals surface area contributed by atoms with Crippen molar-refractivity contribution in [2.75, 3.05) is 7.11 Å². The molecule has 0 fully saturated rings. The summed E-state index contributed by atoms with van der Waals surface area (Å²) in [5.74, 6) is 0.870. The minimum Gasteiger partial charge on any atom is -0.496 e. The van der Waals surface area contributed by atoms with Crippen LogP contribution in [0.3, 0.4) is 0 Å². The van der Waals surface area contributed by atoms with Crippen LogP contribution in [0.5, 0.6) is 5.75 Å². The monoisotopic (exact) mass is 344 g/mol. The number of hydrogen-bond donors (Lipinski definition) is 0. The second-order valence-electron chi connectivity index (χ2n) is 5.12. The second-order valence-corrected chi connectivity index (χ2v) is 6.58. The number of benzene rings is 1. The van der Waals surface area contributed by atoms with Gasteiger partial charge < -0.3 is 14.0 Å². The van der Waals surface area contributed by atoms with E-state index in [9.17, 15) is 4.79 Å². The molecule has 2 heterocycles. The number of aromatic nitrogens is 2. The van der Waals surface area contributed by atoms with Crippen LogP contribution in [0.25, 0.3) is 11.4 Å². The van der Waals surface area contributed by atoms with E-state index >= 15 is 0 Å². The number of esters is 1. The fourth-order valence-electron chi connectivity index (χ4n) is 2.29. The number of para-hydroxylation sites is 1. The zero-order valence-corrected chi connectivity index (χ0v) is 14.3. The predicted octanol–water partition coefficient (Wildman–Crippen LogP) is 3.78. The lowest BCUT2D eigenvalue weighted by Gasteiger charge is -2.03. The number of aryl methyl sites for hydroxylation is 2. The number of nitrogens with zero attached hydrogens (tertiary/aromatic N) is 2. The average molecular weight is 344 g/mol. The van der Waals surface area contributed by atoms with Crippen molar-refractivity contribution < 1.29 is 18.8 Å². The molecule has 24 heavy (non-hydrogen) atoms. The number of thiophene rings is 1. The number of methoxy groups -OCH3 is 1. The first kappa shape index (κ1) is 16.2. The van der Waals surface area contributed by atoms with Crippen LogP contribution in [-0.4, -0.2) is 23.2 Å². The molecule has 0 N–H and O–H groups in total. The summed E-state index contributed by atoms with van der Waals surface area (Å²) in [7, 11) is 1.58. The topological polar surface area (TPSA) is 74.5 Å². The molecule has 0 saturated heterocycles. The molecule has 0 bridgehead atoms. The molecule has 6 nitrogen and oxygen atoms in total. The third-order valence-electron chi connectivity index (χ3n) is 3.40. The Kier molecular flexibility index (Phi) is 4.61. The molecule has 3 rings (SSSR count). The summed E-state index contributed by atoms with van der Waals surface area (Å²) >= 11 is 1.56. The van der Waals surface area contributed by atoms with Gasteiger partial charge in [-0.2, -0.15) is 4.98 Å². The van der Waals surface area contributed by atoms with Gasteiger partial charge in [0.15, 0.2) is 6.61 Å². The average Bonchev–Trinajstić information content (AvgIpc) is 3.18. The SMILES string of the molecule is COc1ccccc1-c1noc(COC(=O)c2cc(C)sc2C)n1. The molecule has 0 amide bonds. The molecular weight excluding hydrogens is 328 g/mol. The van der Waals surface area contributed by atoms with Gasteiger partial charge in [0.2, 0.25) is 5.82 Å². The minimum absolute atomic E-state index is 0.0741. The molecule has 124 valence electrons. The van der Waals surface area contributed by atoms with Crippen LogP contribution in [-0.2, 0) is 11.3 Å². The summed E-state index contributed by atoms with van der Waals surface area (Å²) in [6.45, 7) is 3.77. The summed E-state index contributed by atoms with van der Waals surface area (Å²) < 4.78 is 15.7. The highest BCUT2D eigenvalue weighted by Crippen LogP contribution is 2.27. The van der Waals surface area contributed by atoms with E-state index in [0.29, 0.717) is 22.7 Å². The van der Waals surface area contributed by atoms with Gasteiger partial charge in [-0.1, -0.05) is 17.3 Å². The van der Waals surface area contributed by atoms with Crippen LogP contribution >= 0.6 is 11.3 Å². The van der Waals surface area contributed by atoms with Crippen molar-refractivity contribution in [2.24, 2.45) is 0 Å². The summed E-state index contributed by atoms with van der Waals surface area (Å²) in [6, 6.07) is 9.17. The highest BCUT2D eigenvalue weighted by Gasteiger charge is 2.17. The standard InChI is InChI=1S/C17H16N2O4S/c1-10-8-13(11(2)24-10)17(20)22-9-15-18-16(19-23-15)12-6-4-5-7-14(12)21-3/h4-8H,9H2,1-3H3. The van der Waals surface area contributed by atoms with Crippen molar-refractivity contribution in [3.05, 3.63) is 51.5 Å². The Balaban J connectivity index is 1.70.